The number of pyridine rings is 1. The number of rotatable bonds is 4. The van der Waals surface area contributed by atoms with Gasteiger partial charge < -0.3 is 11.1 Å². The molecule has 1 aromatic carbocycles. The predicted octanol–water partition coefficient (Wildman–Crippen LogP) is 2.87. The maximum Gasteiger partial charge on any atom is 0.270 e. The van der Waals surface area contributed by atoms with Crippen molar-refractivity contribution in [3.63, 3.8) is 0 Å². The van der Waals surface area contributed by atoms with E-state index in [4.69, 9.17) is 5.73 Å². The van der Waals surface area contributed by atoms with Crippen LogP contribution in [0.4, 0.5) is 0 Å². The first-order valence-corrected chi connectivity index (χ1v) is 8.14. The topological polar surface area (TPSA) is 68.0 Å². The van der Waals surface area contributed by atoms with Gasteiger partial charge in [0.1, 0.15) is 5.69 Å². The average molecular weight is 297 g/mol. The van der Waals surface area contributed by atoms with Gasteiger partial charge >= 0.3 is 0 Å². The SMILES string of the molecule is NCC(NC(=O)c1nccc2ccccc12)C1CCCCC1. The molecule has 1 amide bonds. The van der Waals surface area contributed by atoms with Gasteiger partial charge in [0, 0.05) is 24.2 Å². The lowest BCUT2D eigenvalue weighted by atomic mass is 9.84. The summed E-state index contributed by atoms with van der Waals surface area (Å²) in [6.45, 7) is 0.487. The van der Waals surface area contributed by atoms with Crippen LogP contribution >= 0.6 is 0 Å². The van der Waals surface area contributed by atoms with Crippen LogP contribution in [0.1, 0.15) is 42.6 Å². The van der Waals surface area contributed by atoms with Crippen LogP contribution in [0.15, 0.2) is 36.5 Å². The first-order chi connectivity index (χ1) is 10.8. The van der Waals surface area contributed by atoms with Gasteiger partial charge in [-0.05, 0) is 30.2 Å². The van der Waals surface area contributed by atoms with Crippen LogP contribution in [0.2, 0.25) is 0 Å². The van der Waals surface area contributed by atoms with Gasteiger partial charge in [0.05, 0.1) is 0 Å². The highest BCUT2D eigenvalue weighted by molar-refractivity contribution is 6.05. The molecule has 1 aliphatic carbocycles. The molecule has 0 bridgehead atoms. The zero-order valence-electron chi connectivity index (χ0n) is 12.8. The first kappa shape index (κ1) is 15.0. The Morgan fingerprint density at radius 1 is 1.23 bits per heavy atom. The molecule has 22 heavy (non-hydrogen) atoms. The zero-order chi connectivity index (χ0) is 15.4. The Balaban J connectivity index is 1.80. The third-order valence-corrected chi connectivity index (χ3v) is 4.68. The Labute approximate surface area is 131 Å². The molecule has 116 valence electrons. The minimum Gasteiger partial charge on any atom is -0.346 e. The molecule has 0 spiro atoms. The van der Waals surface area contributed by atoms with Crippen molar-refractivity contribution in [1.29, 1.82) is 0 Å². The van der Waals surface area contributed by atoms with Crippen molar-refractivity contribution in [1.82, 2.24) is 10.3 Å². The number of fused-ring (bicyclic) bond motifs is 1. The highest BCUT2D eigenvalue weighted by Crippen LogP contribution is 2.26. The Bertz CT molecular complexity index is 644. The maximum absolute atomic E-state index is 12.6. The highest BCUT2D eigenvalue weighted by Gasteiger charge is 2.25. The van der Waals surface area contributed by atoms with Gasteiger partial charge in [-0.25, -0.2) is 0 Å². The molecule has 1 aliphatic rings. The van der Waals surface area contributed by atoms with E-state index < -0.39 is 0 Å². The fourth-order valence-electron chi connectivity index (χ4n) is 3.44. The number of amides is 1. The zero-order valence-corrected chi connectivity index (χ0v) is 12.8. The van der Waals surface area contributed by atoms with Crippen LogP contribution in [0.5, 0.6) is 0 Å². The van der Waals surface area contributed by atoms with Gasteiger partial charge in [-0.1, -0.05) is 43.5 Å². The minimum absolute atomic E-state index is 0.0496. The smallest absolute Gasteiger partial charge is 0.270 e. The Morgan fingerprint density at radius 3 is 2.77 bits per heavy atom. The highest BCUT2D eigenvalue weighted by atomic mass is 16.1. The Kier molecular flexibility index (Phi) is 4.68. The summed E-state index contributed by atoms with van der Waals surface area (Å²) in [4.78, 5) is 16.9. The van der Waals surface area contributed by atoms with Crippen LogP contribution in [-0.2, 0) is 0 Å². The summed E-state index contributed by atoms with van der Waals surface area (Å²) in [6.07, 6.45) is 7.78. The van der Waals surface area contributed by atoms with E-state index in [1.807, 2.05) is 30.3 Å². The molecule has 3 rings (SSSR count). The first-order valence-electron chi connectivity index (χ1n) is 8.14. The fourth-order valence-corrected chi connectivity index (χ4v) is 3.44. The van der Waals surface area contributed by atoms with Crippen LogP contribution in [0, 0.1) is 5.92 Å². The van der Waals surface area contributed by atoms with Gasteiger partial charge in [-0.15, -0.1) is 0 Å². The second kappa shape index (κ2) is 6.88. The molecule has 3 N–H and O–H groups in total. The van der Waals surface area contributed by atoms with E-state index in [1.54, 1.807) is 6.20 Å². The minimum atomic E-state index is -0.113. The van der Waals surface area contributed by atoms with Gasteiger partial charge in [0.25, 0.3) is 5.91 Å². The second-order valence-electron chi connectivity index (χ2n) is 6.09. The number of aromatic nitrogens is 1. The second-order valence-corrected chi connectivity index (χ2v) is 6.09. The van der Waals surface area contributed by atoms with Crippen LogP contribution in [0.3, 0.4) is 0 Å². The van der Waals surface area contributed by atoms with Crippen LogP contribution in [0.25, 0.3) is 10.8 Å². The van der Waals surface area contributed by atoms with Crippen molar-refractivity contribution in [2.75, 3.05) is 6.54 Å². The number of hydrogen-bond donors (Lipinski definition) is 2. The summed E-state index contributed by atoms with van der Waals surface area (Å²) in [5, 5.41) is 5.04. The van der Waals surface area contributed by atoms with Gasteiger partial charge in [-0.3, -0.25) is 9.78 Å². The van der Waals surface area contributed by atoms with Crippen molar-refractivity contribution < 1.29 is 4.79 Å². The van der Waals surface area contributed by atoms with Crippen LogP contribution < -0.4 is 11.1 Å². The summed E-state index contributed by atoms with van der Waals surface area (Å²) in [5.41, 5.74) is 6.40. The Morgan fingerprint density at radius 2 is 2.00 bits per heavy atom. The molecule has 1 fully saturated rings. The molecule has 1 heterocycles. The molecule has 0 aliphatic heterocycles. The molecule has 2 aromatic rings. The van der Waals surface area contributed by atoms with Crippen molar-refractivity contribution in [3.8, 4) is 0 Å². The van der Waals surface area contributed by atoms with E-state index in [9.17, 15) is 4.79 Å². The molecular formula is C18H23N3O. The van der Waals surface area contributed by atoms with E-state index in [-0.39, 0.29) is 11.9 Å². The molecule has 1 saturated carbocycles. The number of nitrogens with zero attached hydrogens (tertiary/aromatic N) is 1. The third-order valence-electron chi connectivity index (χ3n) is 4.68. The summed E-state index contributed by atoms with van der Waals surface area (Å²) >= 11 is 0. The van der Waals surface area contributed by atoms with Crippen molar-refractivity contribution >= 4 is 16.7 Å². The molecule has 1 aromatic heterocycles. The van der Waals surface area contributed by atoms with E-state index >= 15 is 0 Å². The van der Waals surface area contributed by atoms with Gasteiger partial charge in [0.2, 0.25) is 0 Å². The van der Waals surface area contributed by atoms with Crippen LogP contribution in [-0.4, -0.2) is 23.5 Å². The number of nitrogens with two attached hydrogens (primary N) is 1. The lowest BCUT2D eigenvalue weighted by Crippen LogP contribution is -2.46. The molecular weight excluding hydrogens is 274 g/mol. The molecule has 1 atom stereocenters. The monoisotopic (exact) mass is 297 g/mol. The molecule has 4 heteroatoms. The quantitative estimate of drug-likeness (QED) is 0.912. The number of carbonyl (C=O) groups is 1. The Hall–Kier alpha value is -1.94. The van der Waals surface area contributed by atoms with E-state index in [1.165, 1.54) is 19.3 Å². The third kappa shape index (κ3) is 3.12. The summed E-state index contributed by atoms with van der Waals surface area (Å²) in [5.74, 6) is 0.385. The summed E-state index contributed by atoms with van der Waals surface area (Å²) in [7, 11) is 0. The number of nitrogens with one attached hydrogen (secondary N) is 1. The number of hydrogen-bond acceptors (Lipinski definition) is 3. The number of benzene rings is 1. The van der Waals surface area contributed by atoms with Gasteiger partial charge in [0.15, 0.2) is 0 Å². The van der Waals surface area contributed by atoms with Crippen molar-refractivity contribution in [3.05, 3.63) is 42.2 Å². The molecule has 4 nitrogen and oxygen atoms in total. The summed E-state index contributed by atoms with van der Waals surface area (Å²) in [6, 6.07) is 9.81. The van der Waals surface area contributed by atoms with E-state index in [2.05, 4.69) is 10.3 Å². The fraction of sp³-hybridized carbons (Fsp3) is 0.444. The average Bonchev–Trinajstić information content (AvgIpc) is 2.59. The lowest BCUT2D eigenvalue weighted by molar-refractivity contribution is 0.0912. The van der Waals surface area contributed by atoms with Gasteiger partial charge in [-0.2, -0.15) is 0 Å². The number of carbonyl (C=O) groups excluding carboxylic acids is 1. The van der Waals surface area contributed by atoms with E-state index in [0.717, 1.165) is 23.6 Å². The predicted molar refractivity (Wildman–Crippen MR) is 88.6 cm³/mol. The van der Waals surface area contributed by atoms with Crippen molar-refractivity contribution in [2.24, 2.45) is 11.7 Å². The normalized spacial score (nSPS) is 17.3. The lowest BCUT2D eigenvalue weighted by Gasteiger charge is -2.30. The van der Waals surface area contributed by atoms with Crippen molar-refractivity contribution in [2.45, 2.75) is 38.1 Å². The maximum atomic E-state index is 12.6. The van der Waals surface area contributed by atoms with E-state index in [0.29, 0.717) is 18.2 Å². The standard InChI is InChI=1S/C18H23N3O/c19-12-16(14-7-2-1-3-8-14)21-18(22)17-15-9-5-4-6-13(15)10-11-20-17/h4-6,9-11,14,16H,1-3,7-8,12,19H2,(H,21,22). The molecule has 1 unspecified atom stereocenters. The molecule has 0 saturated heterocycles. The largest absolute Gasteiger partial charge is 0.346 e. The molecule has 0 radical (unpaired) electrons. The summed E-state index contributed by atoms with van der Waals surface area (Å²) < 4.78 is 0.